The highest BCUT2D eigenvalue weighted by atomic mass is 16.6. The van der Waals surface area contributed by atoms with Gasteiger partial charge in [-0.25, -0.2) is 4.79 Å². The Hall–Kier alpha value is -2.37. The molecule has 1 saturated heterocycles. The van der Waals surface area contributed by atoms with Crippen LogP contribution < -0.4 is 0 Å². The van der Waals surface area contributed by atoms with Crippen molar-refractivity contribution in [2.24, 2.45) is 0 Å². The van der Waals surface area contributed by atoms with Crippen LogP contribution in [0.4, 0.5) is 4.79 Å². The van der Waals surface area contributed by atoms with E-state index in [1.54, 1.807) is 0 Å². The van der Waals surface area contributed by atoms with Gasteiger partial charge in [-0.15, -0.1) is 0 Å². The minimum Gasteiger partial charge on any atom is -0.448 e. The molecule has 26 heavy (non-hydrogen) atoms. The second-order valence-electron chi connectivity index (χ2n) is 7.21. The van der Waals surface area contributed by atoms with Gasteiger partial charge in [0.2, 0.25) is 0 Å². The highest BCUT2D eigenvalue weighted by Gasteiger charge is 2.36. The van der Waals surface area contributed by atoms with E-state index < -0.39 is 11.7 Å². The summed E-state index contributed by atoms with van der Waals surface area (Å²) in [5.74, 6) is 0.0212. The Balaban J connectivity index is 1.49. The molecular formula is C21H23NO4. The van der Waals surface area contributed by atoms with E-state index >= 15 is 0 Å². The average molecular weight is 353 g/mol. The number of aliphatic hydroxyl groups is 2. The molecule has 1 unspecified atom stereocenters. The fourth-order valence-electron chi connectivity index (χ4n) is 4.08. The first kappa shape index (κ1) is 17.1. The number of carbonyl (C=O) groups excluding carboxylic acids is 1. The molecule has 5 nitrogen and oxygen atoms in total. The van der Waals surface area contributed by atoms with Gasteiger partial charge in [0.05, 0.1) is 13.2 Å². The molecule has 1 fully saturated rings. The molecule has 1 aliphatic carbocycles. The summed E-state index contributed by atoms with van der Waals surface area (Å²) in [4.78, 5) is 14.0. The van der Waals surface area contributed by atoms with Crippen LogP contribution in [0.15, 0.2) is 48.5 Å². The van der Waals surface area contributed by atoms with E-state index in [4.69, 9.17) is 4.74 Å². The largest absolute Gasteiger partial charge is 0.448 e. The van der Waals surface area contributed by atoms with Crippen molar-refractivity contribution in [2.45, 2.75) is 24.4 Å². The Morgan fingerprint density at radius 1 is 1.12 bits per heavy atom. The number of amides is 1. The maximum atomic E-state index is 12.5. The number of carbonyl (C=O) groups is 1. The number of benzene rings is 2. The fraction of sp³-hybridized carbons (Fsp3) is 0.381. The van der Waals surface area contributed by atoms with Gasteiger partial charge in [-0.2, -0.15) is 0 Å². The number of nitrogens with zero attached hydrogens (tertiary/aromatic N) is 1. The first-order chi connectivity index (χ1) is 12.6. The Bertz CT molecular complexity index is 776. The van der Waals surface area contributed by atoms with Crippen LogP contribution in [-0.2, 0) is 4.74 Å². The SMILES string of the molecule is O=C(OCC1c2ccccc2-c2ccccc21)N1CCCC(O)(CO)C1. The molecule has 4 rings (SSSR count). The maximum Gasteiger partial charge on any atom is 0.409 e. The number of likely N-dealkylation sites (tertiary alicyclic amines) is 1. The van der Waals surface area contributed by atoms with Crippen LogP contribution in [0.25, 0.3) is 11.1 Å². The smallest absolute Gasteiger partial charge is 0.409 e. The Kier molecular flexibility index (Phi) is 4.42. The monoisotopic (exact) mass is 353 g/mol. The second-order valence-corrected chi connectivity index (χ2v) is 7.21. The van der Waals surface area contributed by atoms with Gasteiger partial charge in [-0.05, 0) is 35.1 Å². The zero-order chi connectivity index (χ0) is 18.1. The summed E-state index contributed by atoms with van der Waals surface area (Å²) in [5, 5.41) is 19.6. The van der Waals surface area contributed by atoms with Gasteiger partial charge >= 0.3 is 6.09 Å². The minimum atomic E-state index is -1.22. The van der Waals surface area contributed by atoms with Crippen molar-refractivity contribution >= 4 is 6.09 Å². The van der Waals surface area contributed by atoms with Crippen LogP contribution in [0.2, 0.25) is 0 Å². The quantitative estimate of drug-likeness (QED) is 0.890. The molecule has 0 bridgehead atoms. The highest BCUT2D eigenvalue weighted by Crippen LogP contribution is 2.44. The lowest BCUT2D eigenvalue weighted by Crippen LogP contribution is -2.52. The fourth-order valence-corrected chi connectivity index (χ4v) is 4.08. The third-order valence-electron chi connectivity index (χ3n) is 5.44. The topological polar surface area (TPSA) is 70.0 Å². The predicted molar refractivity (Wildman–Crippen MR) is 97.9 cm³/mol. The molecule has 136 valence electrons. The number of fused-ring (bicyclic) bond motifs is 3. The molecule has 1 heterocycles. The second kappa shape index (κ2) is 6.74. The number of rotatable bonds is 3. The number of hydrogen-bond acceptors (Lipinski definition) is 4. The number of β-amino-alcohol motifs (C(OH)–C–C–N with tert-alkyl or cyclic N) is 1. The zero-order valence-corrected chi connectivity index (χ0v) is 14.6. The van der Waals surface area contributed by atoms with Crippen molar-refractivity contribution in [3.63, 3.8) is 0 Å². The third-order valence-corrected chi connectivity index (χ3v) is 5.44. The van der Waals surface area contributed by atoms with Gasteiger partial charge in [-0.3, -0.25) is 0 Å². The zero-order valence-electron chi connectivity index (χ0n) is 14.6. The number of aliphatic hydroxyl groups excluding tert-OH is 1. The summed E-state index contributed by atoms with van der Waals surface area (Å²) in [6.45, 7) is 0.570. The van der Waals surface area contributed by atoms with Gasteiger partial charge < -0.3 is 19.8 Å². The molecule has 2 aliphatic rings. The lowest BCUT2D eigenvalue weighted by Gasteiger charge is -2.37. The average Bonchev–Trinajstić information content (AvgIpc) is 3.00. The molecule has 0 saturated carbocycles. The maximum absolute atomic E-state index is 12.5. The summed E-state index contributed by atoms with van der Waals surface area (Å²) in [7, 11) is 0. The van der Waals surface area contributed by atoms with Gasteiger partial charge in [0.25, 0.3) is 0 Å². The molecule has 2 aromatic carbocycles. The molecule has 2 N–H and O–H groups in total. The summed E-state index contributed by atoms with van der Waals surface area (Å²) in [5.41, 5.74) is 3.51. The summed E-state index contributed by atoms with van der Waals surface area (Å²) < 4.78 is 5.61. The first-order valence-electron chi connectivity index (χ1n) is 9.04. The van der Waals surface area contributed by atoms with Crippen molar-refractivity contribution in [1.82, 2.24) is 4.90 Å². The Morgan fingerprint density at radius 3 is 2.35 bits per heavy atom. The van der Waals surface area contributed by atoms with Gasteiger partial charge in [-0.1, -0.05) is 48.5 Å². The summed E-state index contributed by atoms with van der Waals surface area (Å²) in [6, 6.07) is 16.4. The van der Waals surface area contributed by atoms with Crippen molar-refractivity contribution in [1.29, 1.82) is 0 Å². The predicted octanol–water partition coefficient (Wildman–Crippen LogP) is 2.75. The van der Waals surface area contributed by atoms with E-state index in [9.17, 15) is 15.0 Å². The molecule has 1 aliphatic heterocycles. The molecular weight excluding hydrogens is 330 g/mol. The summed E-state index contributed by atoms with van der Waals surface area (Å²) in [6.07, 6.45) is 0.719. The molecule has 0 spiro atoms. The third kappa shape index (κ3) is 2.97. The minimum absolute atomic E-state index is 0.0212. The Morgan fingerprint density at radius 2 is 1.73 bits per heavy atom. The number of ether oxygens (including phenoxy) is 1. The van der Waals surface area contributed by atoms with Crippen LogP contribution in [0, 0.1) is 0 Å². The highest BCUT2D eigenvalue weighted by molar-refractivity contribution is 5.79. The number of hydrogen-bond donors (Lipinski definition) is 2. The first-order valence-corrected chi connectivity index (χ1v) is 9.04. The van der Waals surface area contributed by atoms with Crippen molar-refractivity contribution < 1.29 is 19.7 Å². The van der Waals surface area contributed by atoms with Crippen molar-refractivity contribution in [3.05, 3.63) is 59.7 Å². The lowest BCUT2D eigenvalue weighted by molar-refractivity contribution is -0.0638. The van der Waals surface area contributed by atoms with Crippen LogP contribution >= 0.6 is 0 Å². The van der Waals surface area contributed by atoms with Crippen molar-refractivity contribution in [3.8, 4) is 11.1 Å². The van der Waals surface area contributed by atoms with E-state index in [0.717, 1.165) is 0 Å². The van der Waals surface area contributed by atoms with Crippen LogP contribution in [0.1, 0.15) is 29.9 Å². The lowest BCUT2D eigenvalue weighted by atomic mass is 9.94. The standard InChI is InChI=1S/C21H23NO4/c23-14-21(25)10-5-11-22(13-21)20(24)26-12-19-17-8-3-1-6-15(17)16-7-2-4-9-18(16)19/h1-4,6-9,19,23,25H,5,10-14H2. The molecule has 0 aromatic heterocycles. The van der Waals surface area contributed by atoms with Gasteiger partial charge in [0.1, 0.15) is 12.2 Å². The van der Waals surface area contributed by atoms with E-state index in [0.29, 0.717) is 19.4 Å². The Labute approximate surface area is 152 Å². The molecule has 1 amide bonds. The van der Waals surface area contributed by atoms with Gasteiger partial charge in [0, 0.05) is 12.5 Å². The molecule has 2 aromatic rings. The molecule has 1 atom stereocenters. The van der Waals surface area contributed by atoms with E-state index in [1.807, 2.05) is 24.3 Å². The molecule has 5 heteroatoms. The van der Waals surface area contributed by atoms with E-state index in [-0.39, 0.29) is 25.7 Å². The van der Waals surface area contributed by atoms with Gasteiger partial charge in [0.15, 0.2) is 0 Å². The number of piperidine rings is 1. The normalized spacial score (nSPS) is 22.0. The van der Waals surface area contributed by atoms with Crippen LogP contribution in [-0.4, -0.2) is 53.1 Å². The molecule has 0 radical (unpaired) electrons. The van der Waals surface area contributed by atoms with E-state index in [2.05, 4.69) is 24.3 Å². The van der Waals surface area contributed by atoms with Crippen LogP contribution in [0.3, 0.4) is 0 Å². The summed E-state index contributed by atoms with van der Waals surface area (Å²) >= 11 is 0. The van der Waals surface area contributed by atoms with Crippen molar-refractivity contribution in [2.75, 3.05) is 26.3 Å². The van der Waals surface area contributed by atoms with Crippen LogP contribution in [0.5, 0.6) is 0 Å². The van der Waals surface area contributed by atoms with E-state index in [1.165, 1.54) is 27.2 Å².